The largest absolute Gasteiger partial charge is 0.490 e. The molecule has 1 aromatic carbocycles. The topological polar surface area (TPSA) is 9.23 Å². The Kier molecular flexibility index (Phi) is 1.76. The number of hydrogen-bond acceptors (Lipinski definition) is 1. The first-order valence-electron chi connectivity index (χ1n) is 4.12. The van der Waals surface area contributed by atoms with Gasteiger partial charge < -0.3 is 4.74 Å². The fourth-order valence-corrected chi connectivity index (χ4v) is 1.97. The van der Waals surface area contributed by atoms with Crippen LogP contribution < -0.4 is 4.74 Å². The van der Waals surface area contributed by atoms with E-state index in [1.165, 1.54) is 5.56 Å². The lowest BCUT2D eigenvalue weighted by Crippen LogP contribution is -2.05. The van der Waals surface area contributed by atoms with E-state index in [4.69, 9.17) is 16.3 Å². The zero-order valence-corrected chi connectivity index (χ0v) is 7.98. The Morgan fingerprint density at radius 2 is 2.25 bits per heavy atom. The molecular weight excluding hydrogens is 172 g/mol. The van der Waals surface area contributed by atoms with E-state index in [0.29, 0.717) is 6.10 Å². The summed E-state index contributed by atoms with van der Waals surface area (Å²) in [5, 5.41) is 0.809. The Morgan fingerprint density at radius 3 is 3.00 bits per heavy atom. The number of rotatable bonds is 0. The quantitative estimate of drug-likeness (QED) is 0.600. The van der Waals surface area contributed by atoms with Gasteiger partial charge in [0, 0.05) is 11.4 Å². The third-order valence-corrected chi connectivity index (χ3v) is 2.36. The van der Waals surface area contributed by atoms with E-state index in [-0.39, 0.29) is 0 Å². The van der Waals surface area contributed by atoms with Gasteiger partial charge in [-0.1, -0.05) is 11.6 Å². The van der Waals surface area contributed by atoms with E-state index in [1.54, 1.807) is 0 Å². The third-order valence-electron chi connectivity index (χ3n) is 2.14. The molecule has 0 amide bonds. The highest BCUT2D eigenvalue weighted by atomic mass is 35.5. The molecule has 1 atom stereocenters. The van der Waals surface area contributed by atoms with Crippen molar-refractivity contribution in [3.05, 3.63) is 28.3 Å². The molecule has 0 aromatic heterocycles. The van der Waals surface area contributed by atoms with Gasteiger partial charge in [-0.3, -0.25) is 0 Å². The van der Waals surface area contributed by atoms with Crippen LogP contribution in [-0.2, 0) is 6.42 Å². The van der Waals surface area contributed by atoms with Crippen LogP contribution in [0, 0.1) is 6.92 Å². The molecule has 0 spiro atoms. The van der Waals surface area contributed by atoms with E-state index in [2.05, 4.69) is 6.92 Å². The monoisotopic (exact) mass is 182 g/mol. The molecular formula is C10H11ClO. The molecule has 2 rings (SSSR count). The fraction of sp³-hybridized carbons (Fsp3) is 0.400. The molecule has 64 valence electrons. The van der Waals surface area contributed by atoms with Crippen LogP contribution in [0.5, 0.6) is 5.75 Å². The molecule has 2 heteroatoms. The van der Waals surface area contributed by atoms with Crippen LogP contribution in [0.3, 0.4) is 0 Å². The predicted octanol–water partition coefficient (Wildman–Crippen LogP) is 2.97. The van der Waals surface area contributed by atoms with Crippen molar-refractivity contribution in [2.45, 2.75) is 26.4 Å². The summed E-state index contributed by atoms with van der Waals surface area (Å²) in [6.07, 6.45) is 1.29. The summed E-state index contributed by atoms with van der Waals surface area (Å²) < 4.78 is 5.63. The lowest BCUT2D eigenvalue weighted by molar-refractivity contribution is 0.253. The molecule has 0 saturated carbocycles. The molecule has 0 aliphatic carbocycles. The third kappa shape index (κ3) is 1.18. The van der Waals surface area contributed by atoms with Crippen LogP contribution in [0.15, 0.2) is 12.1 Å². The summed E-state index contributed by atoms with van der Waals surface area (Å²) in [6, 6.07) is 3.94. The number of ether oxygens (including phenoxy) is 1. The summed E-state index contributed by atoms with van der Waals surface area (Å²) in [6.45, 7) is 4.11. The van der Waals surface area contributed by atoms with Gasteiger partial charge in [0.15, 0.2) is 0 Å². The van der Waals surface area contributed by atoms with E-state index in [1.807, 2.05) is 19.1 Å². The Balaban J connectivity index is 2.52. The predicted molar refractivity (Wildman–Crippen MR) is 50.0 cm³/mol. The molecule has 1 aliphatic heterocycles. The molecule has 1 heterocycles. The first-order chi connectivity index (χ1) is 5.66. The highest BCUT2D eigenvalue weighted by Gasteiger charge is 2.20. The fourth-order valence-electron chi connectivity index (χ4n) is 1.67. The maximum absolute atomic E-state index is 5.92. The van der Waals surface area contributed by atoms with Crippen LogP contribution in [-0.4, -0.2) is 6.10 Å². The highest BCUT2D eigenvalue weighted by molar-refractivity contribution is 6.30. The average Bonchev–Trinajstić information content (AvgIpc) is 2.29. The minimum absolute atomic E-state index is 0.303. The Bertz CT molecular complexity index is 320. The second-order valence-electron chi connectivity index (χ2n) is 3.34. The summed E-state index contributed by atoms with van der Waals surface area (Å²) in [4.78, 5) is 0. The van der Waals surface area contributed by atoms with Crippen molar-refractivity contribution in [3.63, 3.8) is 0 Å². The number of hydrogen-bond donors (Lipinski definition) is 0. The number of fused-ring (bicyclic) bond motifs is 1. The molecule has 12 heavy (non-hydrogen) atoms. The van der Waals surface area contributed by atoms with Crippen LogP contribution in [0.25, 0.3) is 0 Å². The van der Waals surface area contributed by atoms with Crippen LogP contribution in [0.1, 0.15) is 18.1 Å². The van der Waals surface area contributed by atoms with Gasteiger partial charge in [0.25, 0.3) is 0 Å². The van der Waals surface area contributed by atoms with Gasteiger partial charge in [-0.25, -0.2) is 0 Å². The minimum atomic E-state index is 0.303. The second kappa shape index (κ2) is 2.67. The zero-order chi connectivity index (χ0) is 8.72. The van der Waals surface area contributed by atoms with E-state index >= 15 is 0 Å². The van der Waals surface area contributed by atoms with E-state index < -0.39 is 0 Å². The molecule has 1 unspecified atom stereocenters. The number of benzene rings is 1. The Hall–Kier alpha value is -0.690. The van der Waals surface area contributed by atoms with Crippen molar-refractivity contribution in [3.8, 4) is 5.75 Å². The van der Waals surface area contributed by atoms with Crippen LogP contribution in [0.2, 0.25) is 5.02 Å². The van der Waals surface area contributed by atoms with Crippen molar-refractivity contribution in [2.75, 3.05) is 0 Å². The van der Waals surface area contributed by atoms with Crippen molar-refractivity contribution in [1.29, 1.82) is 0 Å². The summed E-state index contributed by atoms with van der Waals surface area (Å²) in [5.74, 6) is 1.03. The number of aryl methyl sites for hydroxylation is 1. The lowest BCUT2D eigenvalue weighted by atomic mass is 10.1. The molecule has 0 radical (unpaired) electrons. The second-order valence-corrected chi connectivity index (χ2v) is 3.78. The highest BCUT2D eigenvalue weighted by Crippen LogP contribution is 2.34. The molecule has 0 N–H and O–H groups in total. The van der Waals surface area contributed by atoms with E-state index in [9.17, 15) is 0 Å². The van der Waals surface area contributed by atoms with Gasteiger partial charge in [-0.2, -0.15) is 0 Å². The Labute approximate surface area is 77.3 Å². The maximum Gasteiger partial charge on any atom is 0.126 e. The molecule has 0 bridgehead atoms. The van der Waals surface area contributed by atoms with Gasteiger partial charge in [0.1, 0.15) is 11.9 Å². The summed E-state index contributed by atoms with van der Waals surface area (Å²) in [5.41, 5.74) is 2.38. The van der Waals surface area contributed by atoms with Crippen molar-refractivity contribution in [2.24, 2.45) is 0 Å². The molecule has 0 saturated heterocycles. The standard InChI is InChI=1S/C10H11ClO/c1-6-3-9(11)5-8-4-7(2)12-10(6)8/h3,5,7H,4H2,1-2H3. The maximum atomic E-state index is 5.92. The smallest absolute Gasteiger partial charge is 0.126 e. The van der Waals surface area contributed by atoms with Crippen molar-refractivity contribution < 1.29 is 4.74 Å². The zero-order valence-electron chi connectivity index (χ0n) is 7.23. The van der Waals surface area contributed by atoms with Gasteiger partial charge in [0.2, 0.25) is 0 Å². The summed E-state index contributed by atoms with van der Waals surface area (Å²) >= 11 is 5.92. The van der Waals surface area contributed by atoms with Gasteiger partial charge in [-0.05, 0) is 37.1 Å². The van der Waals surface area contributed by atoms with Crippen LogP contribution in [0.4, 0.5) is 0 Å². The Morgan fingerprint density at radius 1 is 1.50 bits per heavy atom. The lowest BCUT2D eigenvalue weighted by Gasteiger charge is -2.05. The molecule has 1 nitrogen and oxygen atoms in total. The molecule has 0 fully saturated rings. The van der Waals surface area contributed by atoms with Gasteiger partial charge in [0.05, 0.1) is 0 Å². The summed E-state index contributed by atoms with van der Waals surface area (Å²) in [7, 11) is 0. The first-order valence-corrected chi connectivity index (χ1v) is 4.50. The van der Waals surface area contributed by atoms with Crippen molar-refractivity contribution >= 4 is 11.6 Å². The van der Waals surface area contributed by atoms with E-state index in [0.717, 1.165) is 22.8 Å². The van der Waals surface area contributed by atoms with Crippen LogP contribution >= 0.6 is 11.6 Å². The minimum Gasteiger partial charge on any atom is -0.490 e. The molecule has 1 aromatic rings. The number of halogens is 1. The SMILES string of the molecule is Cc1cc(Cl)cc2c1OC(C)C2. The van der Waals surface area contributed by atoms with Crippen molar-refractivity contribution in [1.82, 2.24) is 0 Å². The first kappa shape index (κ1) is 7.93. The van der Waals surface area contributed by atoms with Gasteiger partial charge >= 0.3 is 0 Å². The molecule has 1 aliphatic rings. The normalized spacial score (nSPS) is 20.4. The van der Waals surface area contributed by atoms with Gasteiger partial charge in [-0.15, -0.1) is 0 Å². The average molecular weight is 183 g/mol.